The van der Waals surface area contributed by atoms with Crippen LogP contribution in [0.15, 0.2) is 30.3 Å². The van der Waals surface area contributed by atoms with Crippen LogP contribution in [-0.2, 0) is 5.54 Å². The van der Waals surface area contributed by atoms with Gasteiger partial charge in [-0.2, -0.15) is 0 Å². The molecule has 1 N–H and O–H groups in total. The second-order valence-electron chi connectivity index (χ2n) is 4.62. The molecule has 1 unspecified atom stereocenters. The molecule has 1 nitrogen and oxygen atoms in total. The fourth-order valence-electron chi connectivity index (χ4n) is 2.14. The van der Waals surface area contributed by atoms with E-state index < -0.39 is 12.0 Å². The van der Waals surface area contributed by atoms with Crippen molar-refractivity contribution in [2.45, 2.75) is 39.2 Å². The van der Waals surface area contributed by atoms with Crippen LogP contribution in [0.1, 0.15) is 32.8 Å². The molecule has 1 aromatic rings. The standard InChI is InChI=1S/C14H21F2N/c1-4-10-17-14(11(2)3,13(15)16)12-8-6-5-7-9-12/h5-9,11,13,17H,4,10H2,1-3H3. The zero-order valence-electron chi connectivity index (χ0n) is 10.7. The van der Waals surface area contributed by atoms with Crippen molar-refractivity contribution in [3.8, 4) is 0 Å². The minimum absolute atomic E-state index is 0.170. The normalized spacial score (nSPS) is 15.2. The number of halogens is 2. The zero-order valence-corrected chi connectivity index (χ0v) is 10.7. The summed E-state index contributed by atoms with van der Waals surface area (Å²) < 4.78 is 27.1. The van der Waals surface area contributed by atoms with Gasteiger partial charge >= 0.3 is 0 Å². The van der Waals surface area contributed by atoms with Crippen LogP contribution in [0.5, 0.6) is 0 Å². The Morgan fingerprint density at radius 1 is 1.18 bits per heavy atom. The molecule has 0 saturated carbocycles. The number of nitrogens with one attached hydrogen (secondary N) is 1. The number of rotatable bonds is 6. The highest BCUT2D eigenvalue weighted by Crippen LogP contribution is 2.35. The maximum absolute atomic E-state index is 13.6. The number of alkyl halides is 2. The molecule has 0 amide bonds. The second kappa shape index (κ2) is 6.10. The molecule has 17 heavy (non-hydrogen) atoms. The molecule has 0 fully saturated rings. The van der Waals surface area contributed by atoms with Crippen molar-refractivity contribution in [2.75, 3.05) is 6.54 Å². The molecule has 0 aliphatic heterocycles. The summed E-state index contributed by atoms with van der Waals surface area (Å²) in [7, 11) is 0. The van der Waals surface area contributed by atoms with Crippen LogP contribution in [0.4, 0.5) is 8.78 Å². The lowest BCUT2D eigenvalue weighted by molar-refractivity contribution is -0.00207. The quantitative estimate of drug-likeness (QED) is 0.798. The summed E-state index contributed by atoms with van der Waals surface area (Å²) >= 11 is 0. The fraction of sp³-hybridized carbons (Fsp3) is 0.571. The highest BCUT2D eigenvalue weighted by molar-refractivity contribution is 5.26. The van der Waals surface area contributed by atoms with Crippen molar-refractivity contribution < 1.29 is 8.78 Å². The largest absolute Gasteiger partial charge is 0.302 e. The van der Waals surface area contributed by atoms with Gasteiger partial charge in [-0.15, -0.1) is 0 Å². The Morgan fingerprint density at radius 2 is 1.76 bits per heavy atom. The third-order valence-corrected chi connectivity index (χ3v) is 3.17. The van der Waals surface area contributed by atoms with Gasteiger partial charge in [0, 0.05) is 0 Å². The minimum atomic E-state index is -2.42. The summed E-state index contributed by atoms with van der Waals surface area (Å²) in [4.78, 5) is 0. The minimum Gasteiger partial charge on any atom is -0.302 e. The van der Waals surface area contributed by atoms with E-state index >= 15 is 0 Å². The summed E-state index contributed by atoms with van der Waals surface area (Å²) in [6.45, 7) is 6.25. The summed E-state index contributed by atoms with van der Waals surface area (Å²) in [6, 6.07) is 9.01. The van der Waals surface area contributed by atoms with Gasteiger partial charge in [-0.05, 0) is 24.4 Å². The van der Waals surface area contributed by atoms with Crippen molar-refractivity contribution in [1.82, 2.24) is 5.32 Å². The highest BCUT2D eigenvalue weighted by Gasteiger charge is 2.43. The van der Waals surface area contributed by atoms with E-state index in [1.807, 2.05) is 39.0 Å². The van der Waals surface area contributed by atoms with Gasteiger partial charge in [-0.3, -0.25) is 0 Å². The molecule has 3 heteroatoms. The van der Waals surface area contributed by atoms with Crippen LogP contribution in [0.25, 0.3) is 0 Å². The van der Waals surface area contributed by atoms with Crippen molar-refractivity contribution >= 4 is 0 Å². The van der Waals surface area contributed by atoms with Crippen LogP contribution >= 0.6 is 0 Å². The Kier molecular flexibility index (Phi) is 5.06. The first-order chi connectivity index (χ1) is 8.05. The maximum atomic E-state index is 13.6. The predicted octanol–water partition coefficient (Wildman–Crippen LogP) is 3.80. The molecule has 0 radical (unpaired) electrons. The van der Waals surface area contributed by atoms with Crippen LogP contribution < -0.4 is 5.32 Å². The SMILES string of the molecule is CCCNC(c1ccccc1)(C(C)C)C(F)F. The first kappa shape index (κ1) is 14.1. The third-order valence-electron chi connectivity index (χ3n) is 3.17. The Labute approximate surface area is 102 Å². The molecule has 0 spiro atoms. The summed E-state index contributed by atoms with van der Waals surface area (Å²) in [6.07, 6.45) is -1.58. The Morgan fingerprint density at radius 3 is 2.18 bits per heavy atom. The van der Waals surface area contributed by atoms with Gasteiger partial charge in [-0.1, -0.05) is 51.1 Å². The van der Waals surface area contributed by atoms with E-state index in [1.54, 1.807) is 12.1 Å². The van der Waals surface area contributed by atoms with Gasteiger partial charge < -0.3 is 5.32 Å². The fourth-order valence-corrected chi connectivity index (χ4v) is 2.14. The van der Waals surface area contributed by atoms with E-state index in [1.165, 1.54) is 0 Å². The highest BCUT2D eigenvalue weighted by atomic mass is 19.3. The Balaban J connectivity index is 3.15. The molecule has 0 aliphatic carbocycles. The topological polar surface area (TPSA) is 12.0 Å². The van der Waals surface area contributed by atoms with Crippen molar-refractivity contribution in [2.24, 2.45) is 5.92 Å². The van der Waals surface area contributed by atoms with E-state index in [0.717, 1.165) is 6.42 Å². The van der Waals surface area contributed by atoms with Gasteiger partial charge in [0.25, 0.3) is 6.43 Å². The van der Waals surface area contributed by atoms with Crippen LogP contribution in [0.2, 0.25) is 0 Å². The monoisotopic (exact) mass is 241 g/mol. The molecule has 96 valence electrons. The van der Waals surface area contributed by atoms with Gasteiger partial charge in [-0.25, -0.2) is 8.78 Å². The number of benzene rings is 1. The molecule has 0 aliphatic rings. The number of hydrogen-bond donors (Lipinski definition) is 1. The van der Waals surface area contributed by atoms with Gasteiger partial charge in [0.2, 0.25) is 0 Å². The van der Waals surface area contributed by atoms with Crippen LogP contribution in [-0.4, -0.2) is 13.0 Å². The Hall–Kier alpha value is -0.960. The van der Waals surface area contributed by atoms with E-state index in [-0.39, 0.29) is 5.92 Å². The maximum Gasteiger partial charge on any atom is 0.260 e. The van der Waals surface area contributed by atoms with Crippen molar-refractivity contribution in [3.05, 3.63) is 35.9 Å². The molecule has 1 atom stereocenters. The van der Waals surface area contributed by atoms with Crippen molar-refractivity contribution in [3.63, 3.8) is 0 Å². The molecular formula is C14H21F2N. The smallest absolute Gasteiger partial charge is 0.260 e. The Bertz CT molecular complexity index is 314. The van der Waals surface area contributed by atoms with E-state index in [4.69, 9.17) is 0 Å². The van der Waals surface area contributed by atoms with E-state index in [0.29, 0.717) is 12.1 Å². The average molecular weight is 241 g/mol. The van der Waals surface area contributed by atoms with E-state index in [2.05, 4.69) is 5.32 Å². The van der Waals surface area contributed by atoms with E-state index in [9.17, 15) is 8.78 Å². The average Bonchev–Trinajstić information content (AvgIpc) is 2.30. The molecule has 0 aromatic heterocycles. The number of hydrogen-bond acceptors (Lipinski definition) is 1. The molecule has 0 bridgehead atoms. The summed E-state index contributed by atoms with van der Waals surface area (Å²) in [5.74, 6) is -0.170. The lowest BCUT2D eigenvalue weighted by Gasteiger charge is -2.38. The van der Waals surface area contributed by atoms with Gasteiger partial charge in [0.1, 0.15) is 5.54 Å². The van der Waals surface area contributed by atoms with Crippen molar-refractivity contribution in [1.29, 1.82) is 0 Å². The molecule has 1 aromatic carbocycles. The first-order valence-corrected chi connectivity index (χ1v) is 6.14. The lowest BCUT2D eigenvalue weighted by Crippen LogP contribution is -2.52. The second-order valence-corrected chi connectivity index (χ2v) is 4.62. The summed E-state index contributed by atoms with van der Waals surface area (Å²) in [5, 5.41) is 3.05. The van der Waals surface area contributed by atoms with Crippen LogP contribution in [0, 0.1) is 5.92 Å². The summed E-state index contributed by atoms with van der Waals surface area (Å²) in [5.41, 5.74) is -0.574. The lowest BCUT2D eigenvalue weighted by atomic mass is 9.80. The molecular weight excluding hydrogens is 220 g/mol. The third kappa shape index (κ3) is 2.83. The molecule has 0 heterocycles. The molecule has 1 rings (SSSR count). The van der Waals surface area contributed by atoms with Crippen LogP contribution in [0.3, 0.4) is 0 Å². The predicted molar refractivity (Wildman–Crippen MR) is 67.3 cm³/mol. The molecule has 0 saturated heterocycles. The zero-order chi connectivity index (χ0) is 12.9. The van der Waals surface area contributed by atoms with Gasteiger partial charge in [0.05, 0.1) is 0 Å². The van der Waals surface area contributed by atoms with Gasteiger partial charge in [0.15, 0.2) is 0 Å². The first-order valence-electron chi connectivity index (χ1n) is 6.14.